The fourth-order valence-corrected chi connectivity index (χ4v) is 10.8. The van der Waals surface area contributed by atoms with E-state index in [0.29, 0.717) is 13.0 Å². The molecule has 0 radical (unpaired) electrons. The lowest BCUT2D eigenvalue weighted by Crippen LogP contribution is -2.60. The first-order chi connectivity index (χ1) is 22.8. The van der Waals surface area contributed by atoms with Crippen LogP contribution in [0.2, 0.25) is 0 Å². The molecule has 0 spiro atoms. The van der Waals surface area contributed by atoms with E-state index in [9.17, 15) is 19.5 Å². The highest BCUT2D eigenvalue weighted by molar-refractivity contribution is 6.01. The van der Waals surface area contributed by atoms with Crippen molar-refractivity contribution in [2.45, 2.75) is 128 Å². The zero-order chi connectivity index (χ0) is 34.5. The molecule has 6 rings (SSSR count). The molecular formula is C40H56N4O4. The van der Waals surface area contributed by atoms with Gasteiger partial charge in [0.25, 0.3) is 0 Å². The Labute approximate surface area is 286 Å². The van der Waals surface area contributed by atoms with Gasteiger partial charge in [-0.1, -0.05) is 59.1 Å². The largest absolute Gasteiger partial charge is 0.508 e. The molecule has 48 heavy (non-hydrogen) atoms. The number of rotatable bonds is 8. The molecule has 0 bridgehead atoms. The third kappa shape index (κ3) is 5.77. The number of aryl methyl sites for hydroxylation is 2. The van der Waals surface area contributed by atoms with Gasteiger partial charge in [0, 0.05) is 5.69 Å². The molecule has 7 atom stereocenters. The van der Waals surface area contributed by atoms with Gasteiger partial charge in [-0.15, -0.1) is 0 Å². The summed E-state index contributed by atoms with van der Waals surface area (Å²) in [6.07, 6.45) is 10.9. The first-order valence-corrected chi connectivity index (χ1v) is 18.3. The van der Waals surface area contributed by atoms with Crippen molar-refractivity contribution in [2.24, 2.45) is 34.1 Å². The van der Waals surface area contributed by atoms with Crippen molar-refractivity contribution < 1.29 is 19.5 Å². The maximum atomic E-state index is 14.5. The smallest absolute Gasteiger partial charge is 0.241 e. The lowest BCUT2D eigenvalue weighted by Gasteiger charge is -2.56. The Morgan fingerprint density at radius 1 is 0.812 bits per heavy atom. The number of carbonyl (C=O) groups is 3. The summed E-state index contributed by atoms with van der Waals surface area (Å²) in [6, 6.07) is 11.3. The summed E-state index contributed by atoms with van der Waals surface area (Å²) in [4.78, 5) is 41.7. The molecule has 2 aromatic carbocycles. The lowest BCUT2D eigenvalue weighted by molar-refractivity contribution is -0.150. The zero-order valence-corrected chi connectivity index (χ0v) is 29.4. The number of hydrogen-bond donors (Lipinski definition) is 5. The number of amides is 3. The number of nitrogens with one attached hydrogen (secondary N) is 2. The summed E-state index contributed by atoms with van der Waals surface area (Å²) in [5, 5.41) is 16.4. The quantitative estimate of drug-likeness (QED) is 0.170. The number of fused-ring (bicyclic) bond motifs is 6. The van der Waals surface area contributed by atoms with E-state index in [1.165, 1.54) is 16.7 Å². The molecule has 0 aromatic heterocycles. The Bertz CT molecular complexity index is 1590. The number of anilines is 1. The second-order valence-electron chi connectivity index (χ2n) is 16.4. The topological polar surface area (TPSA) is 148 Å². The van der Waals surface area contributed by atoms with Gasteiger partial charge in [-0.3, -0.25) is 19.7 Å². The minimum absolute atomic E-state index is 0.0532. The summed E-state index contributed by atoms with van der Waals surface area (Å²) < 4.78 is 0. The monoisotopic (exact) mass is 656 g/mol. The fourth-order valence-electron chi connectivity index (χ4n) is 10.8. The second kappa shape index (κ2) is 12.9. The summed E-state index contributed by atoms with van der Waals surface area (Å²) in [5.74, 6) is -0.0962. The van der Waals surface area contributed by atoms with Crippen molar-refractivity contribution in [3.8, 4) is 5.75 Å². The van der Waals surface area contributed by atoms with Crippen LogP contribution in [0.15, 0.2) is 36.4 Å². The lowest BCUT2D eigenvalue weighted by atomic mass is 9.49. The number of hydrogen-bond acceptors (Lipinski definition) is 6. The minimum atomic E-state index is -0.704. The normalized spacial score (nSPS) is 32.9. The molecule has 4 aliphatic rings. The highest BCUT2D eigenvalue weighted by Crippen LogP contribution is 2.59. The third-order valence-electron chi connectivity index (χ3n) is 13.5. The number of phenolic OH excluding ortho intramolecular Hbond substituents is 1. The van der Waals surface area contributed by atoms with Crippen LogP contribution in [0.25, 0.3) is 0 Å². The van der Waals surface area contributed by atoms with Crippen LogP contribution in [0.3, 0.4) is 0 Å². The molecule has 8 nitrogen and oxygen atoms in total. The van der Waals surface area contributed by atoms with E-state index in [2.05, 4.69) is 50.5 Å². The number of carbonyl (C=O) groups excluding carboxylic acids is 3. The summed E-state index contributed by atoms with van der Waals surface area (Å²) >= 11 is 0. The molecule has 2 saturated carbocycles. The molecule has 1 unspecified atom stereocenters. The average molecular weight is 657 g/mol. The van der Waals surface area contributed by atoms with Crippen LogP contribution >= 0.6 is 0 Å². The average Bonchev–Trinajstić information content (AvgIpc) is 3.05. The van der Waals surface area contributed by atoms with E-state index >= 15 is 0 Å². The molecule has 4 aliphatic carbocycles. The summed E-state index contributed by atoms with van der Waals surface area (Å²) in [5.41, 5.74) is 15.5. The first kappa shape index (κ1) is 34.6. The van der Waals surface area contributed by atoms with Crippen molar-refractivity contribution >= 4 is 23.4 Å². The van der Waals surface area contributed by atoms with Gasteiger partial charge in [-0.2, -0.15) is 0 Å². The Kier molecular flexibility index (Phi) is 9.31. The van der Waals surface area contributed by atoms with Gasteiger partial charge in [0.1, 0.15) is 5.75 Å². The van der Waals surface area contributed by atoms with E-state index in [4.69, 9.17) is 11.5 Å². The number of phenols is 1. The minimum Gasteiger partial charge on any atom is -0.508 e. The van der Waals surface area contributed by atoms with Crippen molar-refractivity contribution in [2.75, 3.05) is 11.9 Å². The third-order valence-corrected chi connectivity index (χ3v) is 13.5. The number of unbranched alkanes of at least 4 members (excludes halogenated alkanes) is 1. The Morgan fingerprint density at radius 2 is 1.35 bits per heavy atom. The molecule has 0 saturated heterocycles. The van der Waals surface area contributed by atoms with Crippen LogP contribution in [0.1, 0.15) is 121 Å². The van der Waals surface area contributed by atoms with E-state index < -0.39 is 16.9 Å². The molecule has 7 N–H and O–H groups in total. The van der Waals surface area contributed by atoms with Crippen LogP contribution in [-0.2, 0) is 38.1 Å². The van der Waals surface area contributed by atoms with E-state index in [-0.39, 0.29) is 46.1 Å². The van der Waals surface area contributed by atoms with Gasteiger partial charge in [-0.25, -0.2) is 0 Å². The predicted molar refractivity (Wildman–Crippen MR) is 189 cm³/mol. The fraction of sp³-hybridized carbons (Fsp3) is 0.625. The SMILES string of the molecule is C[C@]1(C(=O)NC(=O)[C@@]2(C)CCC[C@]3(C)c4cc(NC(=O)C(N)CCCCN)ccc4CC[C@@H]23)CCC[C@]2(C)c3cc(O)ccc3CC[C@@H]12. The van der Waals surface area contributed by atoms with E-state index in [0.717, 1.165) is 88.3 Å². The molecule has 2 aromatic rings. The maximum Gasteiger partial charge on any atom is 0.241 e. The number of aromatic hydroxyl groups is 1. The van der Waals surface area contributed by atoms with Crippen LogP contribution in [0, 0.1) is 22.7 Å². The molecule has 0 aliphatic heterocycles. The van der Waals surface area contributed by atoms with Crippen molar-refractivity contribution in [3.05, 3.63) is 58.7 Å². The van der Waals surface area contributed by atoms with Crippen LogP contribution in [0.4, 0.5) is 5.69 Å². The van der Waals surface area contributed by atoms with Gasteiger partial charge in [0.2, 0.25) is 17.7 Å². The summed E-state index contributed by atoms with van der Waals surface area (Å²) in [7, 11) is 0. The zero-order valence-electron chi connectivity index (χ0n) is 29.4. The Balaban J connectivity index is 1.21. The van der Waals surface area contributed by atoms with E-state index in [1.807, 2.05) is 18.2 Å². The van der Waals surface area contributed by atoms with Crippen molar-refractivity contribution in [1.82, 2.24) is 5.32 Å². The first-order valence-electron chi connectivity index (χ1n) is 18.3. The number of nitrogens with two attached hydrogens (primary N) is 2. The number of imide groups is 1. The molecule has 260 valence electrons. The second-order valence-corrected chi connectivity index (χ2v) is 16.4. The van der Waals surface area contributed by atoms with Crippen LogP contribution in [-0.4, -0.2) is 35.4 Å². The van der Waals surface area contributed by atoms with E-state index in [1.54, 1.807) is 6.07 Å². The van der Waals surface area contributed by atoms with Gasteiger partial charge >= 0.3 is 0 Å². The molecule has 3 amide bonds. The summed E-state index contributed by atoms with van der Waals surface area (Å²) in [6.45, 7) is 9.25. The standard InChI is InChI=1S/C40H56N4O4/c1-37-18-7-20-39(3,32(37)16-12-25-10-14-27(23-29(25)37)43-34(46)31(42)9-5-6-22-41)35(47)44-36(48)40(4)21-8-19-38(2)30-24-28(45)15-11-26(30)13-17-33(38)40/h10-11,14-15,23-24,31-33,45H,5-9,12-13,16-22,41-42H2,1-4H3,(H,43,46)(H,44,47,48)/t31?,32-,33-,37-,38-,39+,40+/m1/s1. The van der Waals surface area contributed by atoms with Crippen LogP contribution < -0.4 is 22.1 Å². The van der Waals surface area contributed by atoms with Crippen LogP contribution in [0.5, 0.6) is 5.75 Å². The predicted octanol–water partition coefficient (Wildman–Crippen LogP) is 6.15. The van der Waals surface area contributed by atoms with Crippen molar-refractivity contribution in [3.63, 3.8) is 0 Å². The number of benzene rings is 2. The molecule has 2 fully saturated rings. The molecule has 0 heterocycles. The maximum absolute atomic E-state index is 14.5. The van der Waals surface area contributed by atoms with Gasteiger partial charge < -0.3 is 21.9 Å². The van der Waals surface area contributed by atoms with Crippen molar-refractivity contribution in [1.29, 1.82) is 0 Å². The highest BCUT2D eigenvalue weighted by Gasteiger charge is 2.58. The Morgan fingerprint density at radius 3 is 1.92 bits per heavy atom. The highest BCUT2D eigenvalue weighted by atomic mass is 16.3. The van der Waals surface area contributed by atoms with Gasteiger partial charge in [0.05, 0.1) is 16.9 Å². The molecule has 8 heteroatoms. The molecular weight excluding hydrogens is 600 g/mol. The Hall–Kier alpha value is -3.23. The van der Waals surface area contributed by atoms with Gasteiger partial charge in [-0.05, 0) is 140 Å². The van der Waals surface area contributed by atoms with Gasteiger partial charge in [0.15, 0.2) is 0 Å².